The fourth-order valence-corrected chi connectivity index (χ4v) is 3.46. The van der Waals surface area contributed by atoms with Crippen LogP contribution in [0.25, 0.3) is 0 Å². The number of nitrogens with one attached hydrogen (secondary N) is 1. The second-order valence-corrected chi connectivity index (χ2v) is 7.58. The number of halogens is 1. The summed E-state index contributed by atoms with van der Waals surface area (Å²) < 4.78 is 1.21. The van der Waals surface area contributed by atoms with Crippen molar-refractivity contribution in [1.82, 2.24) is 5.32 Å². The lowest BCUT2D eigenvalue weighted by Crippen LogP contribution is -2.32. The molecule has 0 heterocycles. The minimum Gasteiger partial charge on any atom is -0.392 e. The number of rotatable bonds is 4. The smallest absolute Gasteiger partial charge is 0.0669 e. The number of benzene rings is 1. The van der Waals surface area contributed by atoms with E-state index >= 15 is 0 Å². The normalized spacial score (nSPS) is 20.4. The molecule has 0 aliphatic heterocycles. The maximum atomic E-state index is 10.1. The van der Waals surface area contributed by atoms with E-state index in [0.29, 0.717) is 12.6 Å². The molecule has 19 heavy (non-hydrogen) atoms. The number of hydrogen-bond acceptors (Lipinski definition) is 2. The van der Waals surface area contributed by atoms with Crippen molar-refractivity contribution in [3.8, 4) is 0 Å². The van der Waals surface area contributed by atoms with E-state index in [1.807, 2.05) is 0 Å². The molecule has 2 rings (SSSR count). The molecule has 0 fully saturated rings. The molecule has 2 N–H and O–H groups in total. The summed E-state index contributed by atoms with van der Waals surface area (Å²) >= 11 is 3.62. The second kappa shape index (κ2) is 5.94. The molecule has 2 unspecified atom stereocenters. The first kappa shape index (κ1) is 15.0. The van der Waals surface area contributed by atoms with Crippen LogP contribution in [0.2, 0.25) is 0 Å². The zero-order valence-corrected chi connectivity index (χ0v) is 13.6. The summed E-state index contributed by atoms with van der Waals surface area (Å²) in [6.07, 6.45) is 2.80. The molecular weight excluding hydrogens is 302 g/mol. The summed E-state index contributed by atoms with van der Waals surface area (Å²) in [5.74, 6) is 0. The van der Waals surface area contributed by atoms with Gasteiger partial charge in [0.2, 0.25) is 0 Å². The van der Waals surface area contributed by atoms with Crippen molar-refractivity contribution in [3.63, 3.8) is 0 Å². The number of fused-ring (bicyclic) bond motifs is 1. The van der Waals surface area contributed by atoms with Gasteiger partial charge in [-0.3, -0.25) is 0 Å². The predicted molar refractivity (Wildman–Crippen MR) is 83.3 cm³/mol. The van der Waals surface area contributed by atoms with Gasteiger partial charge in [0, 0.05) is 17.1 Å². The summed E-state index contributed by atoms with van der Waals surface area (Å²) in [6.45, 7) is 7.17. The van der Waals surface area contributed by atoms with E-state index in [4.69, 9.17) is 0 Å². The Morgan fingerprint density at radius 3 is 2.84 bits per heavy atom. The highest BCUT2D eigenvalue weighted by atomic mass is 79.9. The molecule has 1 aromatic carbocycles. The Morgan fingerprint density at radius 1 is 1.42 bits per heavy atom. The van der Waals surface area contributed by atoms with E-state index in [0.717, 1.165) is 19.3 Å². The van der Waals surface area contributed by atoms with Crippen LogP contribution in [0.15, 0.2) is 22.7 Å². The van der Waals surface area contributed by atoms with Gasteiger partial charge < -0.3 is 10.4 Å². The van der Waals surface area contributed by atoms with E-state index in [1.165, 1.54) is 15.6 Å². The minimum absolute atomic E-state index is 0.178. The first-order valence-corrected chi connectivity index (χ1v) is 7.85. The third-order valence-electron chi connectivity index (χ3n) is 3.66. The van der Waals surface area contributed by atoms with Crippen LogP contribution in [0, 0.1) is 5.41 Å². The lowest BCUT2D eigenvalue weighted by molar-refractivity contribution is 0.116. The average molecular weight is 326 g/mol. The largest absolute Gasteiger partial charge is 0.392 e. The first-order chi connectivity index (χ1) is 8.87. The molecule has 1 aromatic rings. The second-order valence-electron chi connectivity index (χ2n) is 6.73. The quantitative estimate of drug-likeness (QED) is 0.881. The molecule has 3 heteroatoms. The molecular formula is C16H24BrNO. The molecule has 1 aliphatic carbocycles. The van der Waals surface area contributed by atoms with Gasteiger partial charge in [-0.05, 0) is 41.9 Å². The Kier molecular flexibility index (Phi) is 4.70. The first-order valence-electron chi connectivity index (χ1n) is 7.05. The van der Waals surface area contributed by atoms with Crippen molar-refractivity contribution in [2.75, 3.05) is 6.54 Å². The molecule has 0 bridgehead atoms. The van der Waals surface area contributed by atoms with Gasteiger partial charge in [-0.15, -0.1) is 0 Å². The van der Waals surface area contributed by atoms with Crippen LogP contribution in [0.4, 0.5) is 0 Å². The topological polar surface area (TPSA) is 32.3 Å². The molecule has 0 spiro atoms. The van der Waals surface area contributed by atoms with E-state index in [-0.39, 0.29) is 11.5 Å². The van der Waals surface area contributed by atoms with Gasteiger partial charge in [0.15, 0.2) is 0 Å². The predicted octanol–water partition coefficient (Wildman–Crippen LogP) is 3.82. The van der Waals surface area contributed by atoms with Crippen molar-refractivity contribution in [2.24, 2.45) is 5.41 Å². The molecule has 0 radical (unpaired) electrons. The zero-order valence-electron chi connectivity index (χ0n) is 12.0. The van der Waals surface area contributed by atoms with Crippen molar-refractivity contribution >= 4 is 15.9 Å². The van der Waals surface area contributed by atoms with Crippen molar-refractivity contribution in [2.45, 2.75) is 52.2 Å². The van der Waals surface area contributed by atoms with Crippen LogP contribution in [-0.4, -0.2) is 17.8 Å². The fourth-order valence-electron chi connectivity index (χ4n) is 2.88. The van der Waals surface area contributed by atoms with E-state index < -0.39 is 0 Å². The Balaban J connectivity index is 1.91. The molecule has 0 amide bonds. The van der Waals surface area contributed by atoms with Crippen LogP contribution < -0.4 is 5.32 Å². The van der Waals surface area contributed by atoms with E-state index in [9.17, 15) is 5.11 Å². The van der Waals surface area contributed by atoms with E-state index in [1.54, 1.807) is 0 Å². The molecule has 2 atom stereocenters. The Hall–Kier alpha value is -0.380. The maximum absolute atomic E-state index is 10.1. The fraction of sp³-hybridized carbons (Fsp3) is 0.625. The molecule has 0 saturated carbocycles. The lowest BCUT2D eigenvalue weighted by atomic mass is 9.89. The highest BCUT2D eigenvalue weighted by Gasteiger charge is 2.24. The highest BCUT2D eigenvalue weighted by Crippen LogP contribution is 2.35. The third-order valence-corrected chi connectivity index (χ3v) is 4.40. The van der Waals surface area contributed by atoms with Crippen LogP contribution in [0.3, 0.4) is 0 Å². The van der Waals surface area contributed by atoms with Crippen molar-refractivity contribution in [3.05, 3.63) is 33.8 Å². The Morgan fingerprint density at radius 2 is 2.16 bits per heavy atom. The van der Waals surface area contributed by atoms with Crippen molar-refractivity contribution < 1.29 is 5.11 Å². The standard InChI is InChI=1S/C16H24BrNO/c1-16(2,3)9-11(19)10-18-15-8-7-12-13(15)5-4-6-14(12)17/h4-6,11,15,18-19H,7-10H2,1-3H3. The Labute approximate surface area is 124 Å². The van der Waals surface area contributed by atoms with Gasteiger partial charge in [-0.25, -0.2) is 0 Å². The number of aliphatic hydroxyl groups excluding tert-OH is 1. The summed E-state index contributed by atoms with van der Waals surface area (Å²) in [7, 11) is 0. The van der Waals surface area contributed by atoms with E-state index in [2.05, 4.69) is 60.2 Å². The number of aliphatic hydroxyl groups is 1. The third kappa shape index (κ3) is 4.04. The molecule has 0 aromatic heterocycles. The summed E-state index contributed by atoms with van der Waals surface area (Å²) in [5.41, 5.74) is 2.99. The monoisotopic (exact) mass is 325 g/mol. The van der Waals surface area contributed by atoms with Gasteiger partial charge in [-0.1, -0.05) is 48.8 Å². The molecule has 106 valence electrons. The molecule has 0 saturated heterocycles. The summed E-state index contributed by atoms with van der Waals surface area (Å²) in [4.78, 5) is 0. The van der Waals surface area contributed by atoms with Gasteiger partial charge in [0.25, 0.3) is 0 Å². The van der Waals surface area contributed by atoms with Crippen LogP contribution in [0.1, 0.15) is 50.8 Å². The van der Waals surface area contributed by atoms with Crippen molar-refractivity contribution in [1.29, 1.82) is 0 Å². The van der Waals surface area contributed by atoms with Crippen LogP contribution >= 0.6 is 15.9 Å². The van der Waals surface area contributed by atoms with Crippen LogP contribution in [-0.2, 0) is 6.42 Å². The van der Waals surface area contributed by atoms with Gasteiger partial charge in [0.05, 0.1) is 6.10 Å². The summed E-state index contributed by atoms with van der Waals surface area (Å²) in [6, 6.07) is 6.78. The minimum atomic E-state index is -0.267. The summed E-state index contributed by atoms with van der Waals surface area (Å²) in [5, 5.41) is 13.6. The van der Waals surface area contributed by atoms with Crippen LogP contribution in [0.5, 0.6) is 0 Å². The number of hydrogen-bond donors (Lipinski definition) is 2. The molecule has 1 aliphatic rings. The average Bonchev–Trinajstić information content (AvgIpc) is 2.69. The SMILES string of the molecule is CC(C)(C)CC(O)CNC1CCc2c(Br)cccc21. The highest BCUT2D eigenvalue weighted by molar-refractivity contribution is 9.10. The molecule has 2 nitrogen and oxygen atoms in total. The van der Waals surface area contributed by atoms with Gasteiger partial charge in [-0.2, -0.15) is 0 Å². The van der Waals surface area contributed by atoms with Gasteiger partial charge in [0.1, 0.15) is 0 Å². The maximum Gasteiger partial charge on any atom is 0.0669 e. The van der Waals surface area contributed by atoms with Gasteiger partial charge >= 0.3 is 0 Å². The Bertz CT molecular complexity index is 439. The lowest BCUT2D eigenvalue weighted by Gasteiger charge is -2.24. The zero-order chi connectivity index (χ0) is 14.0.